The van der Waals surface area contributed by atoms with E-state index < -0.39 is 0 Å². The van der Waals surface area contributed by atoms with Gasteiger partial charge in [0, 0.05) is 31.0 Å². The molecule has 0 spiro atoms. The normalized spacial score (nSPS) is 10.5. The summed E-state index contributed by atoms with van der Waals surface area (Å²) in [5.41, 5.74) is 10.2. The summed E-state index contributed by atoms with van der Waals surface area (Å²) in [6.45, 7) is 5.31. The largest absolute Gasteiger partial charge is 0.353 e. The Bertz CT molecular complexity index is 552. The number of hydrogen-bond donors (Lipinski definition) is 1. The fraction of sp³-hybridized carbons (Fsp3) is 0.333. The van der Waals surface area contributed by atoms with Crippen molar-refractivity contribution in [2.45, 2.75) is 26.9 Å². The molecule has 4 nitrogen and oxygen atoms in total. The third-order valence-corrected chi connectivity index (χ3v) is 3.14. The SMILES string of the molecule is Cc1cc(C)c(CN)c(N(C)Cc2ccccn2)n1. The van der Waals surface area contributed by atoms with E-state index in [2.05, 4.69) is 27.9 Å². The summed E-state index contributed by atoms with van der Waals surface area (Å²) < 4.78 is 0. The Morgan fingerprint density at radius 1 is 1.26 bits per heavy atom. The predicted octanol–water partition coefficient (Wildman–Crippen LogP) is 2.19. The van der Waals surface area contributed by atoms with Crippen LogP contribution in [0.5, 0.6) is 0 Å². The second-order valence-corrected chi connectivity index (χ2v) is 4.76. The van der Waals surface area contributed by atoms with Crippen LogP contribution in [0.3, 0.4) is 0 Å². The molecule has 2 N–H and O–H groups in total. The molecule has 2 heterocycles. The molecule has 0 bridgehead atoms. The summed E-state index contributed by atoms with van der Waals surface area (Å²) in [6, 6.07) is 8.00. The van der Waals surface area contributed by atoms with Crippen molar-refractivity contribution in [2.24, 2.45) is 5.73 Å². The summed E-state index contributed by atoms with van der Waals surface area (Å²) in [5.74, 6) is 0.950. The van der Waals surface area contributed by atoms with Gasteiger partial charge in [-0.05, 0) is 37.6 Å². The highest BCUT2D eigenvalue weighted by atomic mass is 15.2. The van der Waals surface area contributed by atoms with E-state index in [0.717, 1.165) is 29.3 Å². The molecule has 0 saturated carbocycles. The highest BCUT2D eigenvalue weighted by Gasteiger charge is 2.12. The van der Waals surface area contributed by atoms with Crippen LogP contribution in [0, 0.1) is 13.8 Å². The number of pyridine rings is 2. The summed E-state index contributed by atoms with van der Waals surface area (Å²) in [6.07, 6.45) is 1.81. The smallest absolute Gasteiger partial charge is 0.133 e. The van der Waals surface area contributed by atoms with Crippen LogP contribution < -0.4 is 10.6 Å². The molecule has 2 aromatic heterocycles. The molecule has 0 aromatic carbocycles. The van der Waals surface area contributed by atoms with Crippen LogP contribution in [0.4, 0.5) is 5.82 Å². The lowest BCUT2D eigenvalue weighted by atomic mass is 10.1. The summed E-state index contributed by atoms with van der Waals surface area (Å²) in [5, 5.41) is 0. The first-order chi connectivity index (χ1) is 9.11. The van der Waals surface area contributed by atoms with Crippen LogP contribution in [0.1, 0.15) is 22.5 Å². The zero-order valence-corrected chi connectivity index (χ0v) is 11.7. The van der Waals surface area contributed by atoms with Gasteiger partial charge in [-0.25, -0.2) is 4.98 Å². The van der Waals surface area contributed by atoms with E-state index in [1.807, 2.05) is 38.4 Å². The van der Waals surface area contributed by atoms with Crippen molar-refractivity contribution in [2.75, 3.05) is 11.9 Å². The molecule has 0 amide bonds. The van der Waals surface area contributed by atoms with Crippen LogP contribution in [-0.2, 0) is 13.1 Å². The molecule has 0 aliphatic carbocycles. The van der Waals surface area contributed by atoms with Gasteiger partial charge in [0.1, 0.15) is 5.82 Å². The molecule has 0 radical (unpaired) electrons. The van der Waals surface area contributed by atoms with Gasteiger partial charge >= 0.3 is 0 Å². The minimum absolute atomic E-state index is 0.501. The molecule has 0 unspecified atom stereocenters. The molecule has 0 fully saturated rings. The van der Waals surface area contributed by atoms with Gasteiger partial charge in [-0.1, -0.05) is 6.07 Å². The second-order valence-electron chi connectivity index (χ2n) is 4.76. The number of nitrogens with two attached hydrogens (primary N) is 1. The van der Waals surface area contributed by atoms with Gasteiger partial charge in [-0.3, -0.25) is 4.98 Å². The van der Waals surface area contributed by atoms with Crippen LogP contribution >= 0.6 is 0 Å². The fourth-order valence-corrected chi connectivity index (χ4v) is 2.22. The van der Waals surface area contributed by atoms with Gasteiger partial charge in [-0.2, -0.15) is 0 Å². The highest BCUT2D eigenvalue weighted by molar-refractivity contribution is 5.51. The fourth-order valence-electron chi connectivity index (χ4n) is 2.22. The van der Waals surface area contributed by atoms with Crippen molar-refractivity contribution in [3.8, 4) is 0 Å². The standard InChI is InChI=1S/C15H20N4/c1-11-8-12(2)18-15(14(11)9-16)19(3)10-13-6-4-5-7-17-13/h4-8H,9-10,16H2,1-3H3. The minimum atomic E-state index is 0.501. The third-order valence-electron chi connectivity index (χ3n) is 3.14. The highest BCUT2D eigenvalue weighted by Crippen LogP contribution is 2.22. The number of aryl methyl sites for hydroxylation is 2. The zero-order valence-electron chi connectivity index (χ0n) is 11.7. The predicted molar refractivity (Wildman–Crippen MR) is 77.9 cm³/mol. The summed E-state index contributed by atoms with van der Waals surface area (Å²) >= 11 is 0. The molecular formula is C15H20N4. The van der Waals surface area contributed by atoms with E-state index in [1.54, 1.807) is 0 Å². The molecule has 4 heteroatoms. The van der Waals surface area contributed by atoms with Crippen molar-refractivity contribution in [3.05, 3.63) is 53.0 Å². The maximum atomic E-state index is 5.85. The van der Waals surface area contributed by atoms with Gasteiger partial charge in [0.05, 0.1) is 12.2 Å². The van der Waals surface area contributed by atoms with Gasteiger partial charge in [0.15, 0.2) is 0 Å². The first-order valence-electron chi connectivity index (χ1n) is 6.40. The molecule has 2 aromatic rings. The molecular weight excluding hydrogens is 236 g/mol. The quantitative estimate of drug-likeness (QED) is 0.911. The second kappa shape index (κ2) is 5.80. The van der Waals surface area contributed by atoms with Crippen LogP contribution in [-0.4, -0.2) is 17.0 Å². The summed E-state index contributed by atoms with van der Waals surface area (Å²) in [4.78, 5) is 11.1. The molecule has 2 rings (SSSR count). The first kappa shape index (κ1) is 13.5. The molecule has 0 saturated heterocycles. The topological polar surface area (TPSA) is 55.0 Å². The molecule has 0 aliphatic rings. The zero-order chi connectivity index (χ0) is 13.8. The Kier molecular flexibility index (Phi) is 4.12. The number of nitrogens with zero attached hydrogens (tertiary/aromatic N) is 3. The van der Waals surface area contributed by atoms with Gasteiger partial charge < -0.3 is 10.6 Å². The molecule has 0 aliphatic heterocycles. The maximum Gasteiger partial charge on any atom is 0.133 e. The van der Waals surface area contributed by atoms with E-state index in [1.165, 1.54) is 5.56 Å². The van der Waals surface area contributed by atoms with Crippen molar-refractivity contribution in [3.63, 3.8) is 0 Å². The monoisotopic (exact) mass is 256 g/mol. The van der Waals surface area contributed by atoms with Gasteiger partial charge in [-0.15, -0.1) is 0 Å². The van der Waals surface area contributed by atoms with E-state index in [4.69, 9.17) is 5.73 Å². The Hall–Kier alpha value is -1.94. The molecule has 19 heavy (non-hydrogen) atoms. The number of hydrogen-bond acceptors (Lipinski definition) is 4. The average molecular weight is 256 g/mol. The Labute approximate surface area is 114 Å². The number of aromatic nitrogens is 2. The Balaban J connectivity index is 2.30. The minimum Gasteiger partial charge on any atom is -0.353 e. The van der Waals surface area contributed by atoms with Crippen molar-refractivity contribution >= 4 is 5.82 Å². The van der Waals surface area contributed by atoms with Crippen molar-refractivity contribution < 1.29 is 0 Å². The first-order valence-corrected chi connectivity index (χ1v) is 6.40. The van der Waals surface area contributed by atoms with Crippen LogP contribution in [0.15, 0.2) is 30.5 Å². The van der Waals surface area contributed by atoms with E-state index in [9.17, 15) is 0 Å². The molecule has 100 valence electrons. The lowest BCUT2D eigenvalue weighted by Crippen LogP contribution is -2.22. The number of anilines is 1. The molecule has 0 atom stereocenters. The third kappa shape index (κ3) is 3.09. The van der Waals surface area contributed by atoms with Crippen molar-refractivity contribution in [1.29, 1.82) is 0 Å². The van der Waals surface area contributed by atoms with Crippen molar-refractivity contribution in [1.82, 2.24) is 9.97 Å². The van der Waals surface area contributed by atoms with Gasteiger partial charge in [0.25, 0.3) is 0 Å². The average Bonchev–Trinajstić information content (AvgIpc) is 2.39. The lowest BCUT2D eigenvalue weighted by Gasteiger charge is -2.22. The Morgan fingerprint density at radius 3 is 2.68 bits per heavy atom. The number of rotatable bonds is 4. The lowest BCUT2D eigenvalue weighted by molar-refractivity contribution is 0.842. The van der Waals surface area contributed by atoms with Crippen LogP contribution in [0.25, 0.3) is 0 Å². The Morgan fingerprint density at radius 2 is 2.05 bits per heavy atom. The summed E-state index contributed by atoms with van der Waals surface area (Å²) in [7, 11) is 2.02. The van der Waals surface area contributed by atoms with E-state index in [0.29, 0.717) is 6.54 Å². The van der Waals surface area contributed by atoms with E-state index >= 15 is 0 Å². The van der Waals surface area contributed by atoms with E-state index in [-0.39, 0.29) is 0 Å². The maximum absolute atomic E-state index is 5.85. The van der Waals surface area contributed by atoms with Gasteiger partial charge in [0.2, 0.25) is 0 Å². The van der Waals surface area contributed by atoms with Crippen LogP contribution in [0.2, 0.25) is 0 Å².